The van der Waals surface area contributed by atoms with Crippen LogP contribution in [0.15, 0.2) is 0 Å². The van der Waals surface area contributed by atoms with Crippen LogP contribution in [0.5, 0.6) is 0 Å². The number of hydrogen-bond acceptors (Lipinski definition) is 3. The number of carbonyl (C=O) groups is 2. The molecule has 2 N–H and O–H groups in total. The number of hydrogen-bond donors (Lipinski definition) is 2. The fourth-order valence-electron chi connectivity index (χ4n) is 2.44. The van der Waals surface area contributed by atoms with Crippen molar-refractivity contribution >= 4 is 11.7 Å². The summed E-state index contributed by atoms with van der Waals surface area (Å²) in [5.41, 5.74) is 0. The van der Waals surface area contributed by atoms with Crippen molar-refractivity contribution in [2.45, 2.75) is 91.6 Å². The highest BCUT2D eigenvalue weighted by molar-refractivity contribution is 5.85. The van der Waals surface area contributed by atoms with E-state index in [0.717, 1.165) is 45.1 Å². The highest BCUT2D eigenvalue weighted by Gasteiger charge is 2.21. The van der Waals surface area contributed by atoms with Crippen molar-refractivity contribution in [2.75, 3.05) is 6.54 Å². The van der Waals surface area contributed by atoms with Gasteiger partial charge < -0.3 is 10.6 Å². The summed E-state index contributed by atoms with van der Waals surface area (Å²) in [6, 6.07) is 0.256. The van der Waals surface area contributed by atoms with E-state index < -0.39 is 0 Å². The molecule has 0 saturated heterocycles. The molecule has 0 rings (SSSR count). The molecule has 0 heterocycles. The second-order valence-corrected chi connectivity index (χ2v) is 6.73. The van der Waals surface area contributed by atoms with E-state index in [0.29, 0.717) is 12.5 Å². The molecule has 4 nitrogen and oxygen atoms in total. The number of amides is 1. The molecule has 1 amide bonds. The van der Waals surface area contributed by atoms with Crippen LogP contribution in [0.3, 0.4) is 0 Å². The third-order valence-corrected chi connectivity index (χ3v) is 3.70. The Bertz CT molecular complexity index is 314. The molecular weight excluding hydrogens is 276 g/mol. The number of Topliss-reactive ketones (excluding diaryl/α,β-unsaturated/α-hetero) is 1. The van der Waals surface area contributed by atoms with Crippen molar-refractivity contribution in [1.82, 2.24) is 10.6 Å². The Hall–Kier alpha value is -0.900. The summed E-state index contributed by atoms with van der Waals surface area (Å²) >= 11 is 0. The predicted molar refractivity (Wildman–Crippen MR) is 92.9 cm³/mol. The van der Waals surface area contributed by atoms with E-state index in [2.05, 4.69) is 31.4 Å². The first-order valence-electron chi connectivity index (χ1n) is 8.94. The summed E-state index contributed by atoms with van der Waals surface area (Å²) in [7, 11) is 0. The molecule has 0 aliphatic heterocycles. The van der Waals surface area contributed by atoms with Crippen LogP contribution in [0.4, 0.5) is 0 Å². The molecule has 0 aromatic carbocycles. The fourth-order valence-corrected chi connectivity index (χ4v) is 2.44. The zero-order valence-electron chi connectivity index (χ0n) is 15.2. The van der Waals surface area contributed by atoms with E-state index in [1.165, 1.54) is 0 Å². The molecule has 0 saturated carbocycles. The van der Waals surface area contributed by atoms with Gasteiger partial charge in [0, 0.05) is 24.9 Å². The zero-order valence-corrected chi connectivity index (χ0v) is 15.2. The van der Waals surface area contributed by atoms with Crippen LogP contribution >= 0.6 is 0 Å². The minimum atomic E-state index is -0.0553. The summed E-state index contributed by atoms with van der Waals surface area (Å²) in [6.45, 7) is 10.9. The highest BCUT2D eigenvalue weighted by atomic mass is 16.1. The van der Waals surface area contributed by atoms with Crippen molar-refractivity contribution in [3.05, 3.63) is 0 Å². The minimum absolute atomic E-state index is 0.0553. The van der Waals surface area contributed by atoms with Gasteiger partial charge in [-0.05, 0) is 25.7 Å². The van der Waals surface area contributed by atoms with Crippen LogP contribution in [0.2, 0.25) is 0 Å². The highest BCUT2D eigenvalue weighted by Crippen LogP contribution is 2.09. The number of rotatable bonds is 13. The van der Waals surface area contributed by atoms with Gasteiger partial charge in [-0.1, -0.05) is 47.5 Å². The summed E-state index contributed by atoms with van der Waals surface area (Å²) in [6.07, 6.45) is 6.61. The average molecular weight is 312 g/mol. The Morgan fingerprint density at radius 2 is 1.64 bits per heavy atom. The number of nitrogens with one attached hydrogen (secondary N) is 2. The van der Waals surface area contributed by atoms with Gasteiger partial charge in [0.1, 0.15) is 0 Å². The largest absolute Gasteiger partial charge is 0.356 e. The summed E-state index contributed by atoms with van der Waals surface area (Å²) < 4.78 is 0. The smallest absolute Gasteiger partial charge is 0.219 e. The van der Waals surface area contributed by atoms with Crippen molar-refractivity contribution < 1.29 is 9.59 Å². The molecule has 130 valence electrons. The summed E-state index contributed by atoms with van der Waals surface area (Å²) in [4.78, 5) is 23.7. The normalized spacial score (nSPS) is 12.7. The Labute approximate surface area is 136 Å². The van der Waals surface area contributed by atoms with Crippen LogP contribution in [-0.4, -0.2) is 30.3 Å². The molecular formula is C18H36N2O2. The lowest BCUT2D eigenvalue weighted by atomic mass is 9.96. The van der Waals surface area contributed by atoms with Gasteiger partial charge in [-0.3, -0.25) is 9.59 Å². The average Bonchev–Trinajstić information content (AvgIpc) is 2.44. The topological polar surface area (TPSA) is 58.2 Å². The van der Waals surface area contributed by atoms with Gasteiger partial charge in [0.2, 0.25) is 5.91 Å². The van der Waals surface area contributed by atoms with Crippen LogP contribution in [-0.2, 0) is 9.59 Å². The lowest BCUT2D eigenvalue weighted by Crippen LogP contribution is -2.42. The van der Waals surface area contributed by atoms with Crippen molar-refractivity contribution in [3.8, 4) is 0 Å². The Balaban J connectivity index is 3.89. The predicted octanol–water partition coefficient (Wildman–Crippen LogP) is 3.44. The first kappa shape index (κ1) is 21.1. The first-order chi connectivity index (χ1) is 10.4. The molecule has 0 aromatic rings. The lowest BCUT2D eigenvalue weighted by Gasteiger charge is -2.22. The van der Waals surface area contributed by atoms with E-state index in [4.69, 9.17) is 0 Å². The van der Waals surface area contributed by atoms with Crippen LogP contribution < -0.4 is 10.6 Å². The van der Waals surface area contributed by atoms with E-state index in [1.54, 1.807) is 0 Å². The molecule has 0 aromatic heterocycles. The van der Waals surface area contributed by atoms with Gasteiger partial charge in [0.05, 0.1) is 6.04 Å². The van der Waals surface area contributed by atoms with Gasteiger partial charge >= 0.3 is 0 Å². The third kappa shape index (κ3) is 10.8. The van der Waals surface area contributed by atoms with E-state index in [1.807, 2.05) is 13.8 Å². The molecule has 1 atom stereocenters. The van der Waals surface area contributed by atoms with E-state index >= 15 is 0 Å². The molecule has 0 fully saturated rings. The molecule has 0 aliphatic rings. The second kappa shape index (κ2) is 12.6. The summed E-state index contributed by atoms with van der Waals surface area (Å²) in [5.74, 6) is 0.510. The monoisotopic (exact) mass is 312 g/mol. The van der Waals surface area contributed by atoms with Crippen LogP contribution in [0.25, 0.3) is 0 Å². The number of carbonyl (C=O) groups excluding carboxylic acids is 2. The SMILES string of the molecule is CCCCCC(=O)NCCCC[C@H](NC(C)C)C(=O)C(C)C. The van der Waals surface area contributed by atoms with Crippen molar-refractivity contribution in [1.29, 1.82) is 0 Å². The molecule has 0 bridgehead atoms. The second-order valence-electron chi connectivity index (χ2n) is 6.73. The van der Waals surface area contributed by atoms with E-state index in [9.17, 15) is 9.59 Å². The Kier molecular flexibility index (Phi) is 12.1. The molecule has 0 spiro atoms. The maximum absolute atomic E-state index is 12.2. The molecule has 0 unspecified atom stereocenters. The molecule has 0 aliphatic carbocycles. The third-order valence-electron chi connectivity index (χ3n) is 3.70. The Morgan fingerprint density at radius 3 is 2.18 bits per heavy atom. The van der Waals surface area contributed by atoms with Crippen molar-refractivity contribution in [3.63, 3.8) is 0 Å². The van der Waals surface area contributed by atoms with E-state index in [-0.39, 0.29) is 23.7 Å². The van der Waals surface area contributed by atoms with Crippen molar-refractivity contribution in [2.24, 2.45) is 5.92 Å². The fraction of sp³-hybridized carbons (Fsp3) is 0.889. The molecule has 4 heteroatoms. The quantitative estimate of drug-likeness (QED) is 0.512. The summed E-state index contributed by atoms with van der Waals surface area (Å²) in [5, 5.41) is 6.32. The molecule has 22 heavy (non-hydrogen) atoms. The van der Waals surface area contributed by atoms with Gasteiger partial charge in [0.25, 0.3) is 0 Å². The van der Waals surface area contributed by atoms with Gasteiger partial charge in [-0.2, -0.15) is 0 Å². The standard InChI is InChI=1S/C18H36N2O2/c1-6-7-8-12-17(21)19-13-10-9-11-16(20-15(4)5)18(22)14(2)3/h14-16,20H,6-13H2,1-5H3,(H,19,21)/t16-/m0/s1. The zero-order chi connectivity index (χ0) is 17.0. The van der Waals surface area contributed by atoms with Gasteiger partial charge in [-0.15, -0.1) is 0 Å². The molecule has 0 radical (unpaired) electrons. The lowest BCUT2D eigenvalue weighted by molar-refractivity contribution is -0.124. The van der Waals surface area contributed by atoms with Crippen LogP contribution in [0.1, 0.15) is 79.6 Å². The van der Waals surface area contributed by atoms with Gasteiger partial charge in [-0.25, -0.2) is 0 Å². The number of ketones is 1. The van der Waals surface area contributed by atoms with Gasteiger partial charge in [0.15, 0.2) is 5.78 Å². The maximum Gasteiger partial charge on any atom is 0.219 e. The van der Waals surface area contributed by atoms with Crippen LogP contribution in [0, 0.1) is 5.92 Å². The first-order valence-corrected chi connectivity index (χ1v) is 8.94. The Morgan fingerprint density at radius 1 is 0.955 bits per heavy atom. The number of unbranched alkanes of at least 4 members (excludes halogenated alkanes) is 3. The maximum atomic E-state index is 12.2. The minimum Gasteiger partial charge on any atom is -0.356 e.